The van der Waals surface area contributed by atoms with E-state index in [1.54, 1.807) is 12.1 Å². The summed E-state index contributed by atoms with van der Waals surface area (Å²) in [5.41, 5.74) is 0.790. The summed E-state index contributed by atoms with van der Waals surface area (Å²) in [5, 5.41) is 10.7. The Morgan fingerprint density at radius 3 is 2.12 bits per heavy atom. The van der Waals surface area contributed by atoms with Gasteiger partial charge in [-0.1, -0.05) is 12.1 Å². The number of anilines is 1. The second kappa shape index (κ2) is 6.77. The van der Waals surface area contributed by atoms with E-state index in [0.717, 1.165) is 11.8 Å². The standard InChI is InChI=1S/C16H16FN3O4S/c17-15-3-1-2-4-16(15)25(23,24)19-11-9-18(10-12-19)13-5-7-14(8-6-13)20(21)22/h1-8H,9-12H2. The minimum absolute atomic E-state index is 0.00418. The SMILES string of the molecule is O=[N+]([O-])c1ccc(N2CCN(S(=O)(=O)c3ccccc3F)CC2)cc1. The van der Waals surface area contributed by atoms with Gasteiger partial charge in [-0.3, -0.25) is 10.1 Å². The van der Waals surface area contributed by atoms with E-state index in [0.29, 0.717) is 13.1 Å². The molecule has 0 radical (unpaired) electrons. The Kier molecular flexibility index (Phi) is 4.69. The summed E-state index contributed by atoms with van der Waals surface area (Å²) in [4.78, 5) is 11.8. The Morgan fingerprint density at radius 2 is 1.56 bits per heavy atom. The molecule has 1 fully saturated rings. The molecule has 7 nitrogen and oxygen atoms in total. The monoisotopic (exact) mass is 365 g/mol. The van der Waals surface area contributed by atoms with Gasteiger partial charge in [0.1, 0.15) is 10.7 Å². The van der Waals surface area contributed by atoms with E-state index in [9.17, 15) is 22.9 Å². The van der Waals surface area contributed by atoms with Gasteiger partial charge in [-0.25, -0.2) is 12.8 Å². The summed E-state index contributed by atoms with van der Waals surface area (Å²) in [6, 6.07) is 11.4. The molecule has 0 unspecified atom stereocenters. The van der Waals surface area contributed by atoms with E-state index in [4.69, 9.17) is 0 Å². The molecule has 1 aliphatic heterocycles. The van der Waals surface area contributed by atoms with Gasteiger partial charge in [0.15, 0.2) is 0 Å². The molecule has 0 spiro atoms. The molecule has 2 aromatic carbocycles. The van der Waals surface area contributed by atoms with Crippen LogP contribution in [0.1, 0.15) is 0 Å². The lowest BCUT2D eigenvalue weighted by molar-refractivity contribution is -0.384. The lowest BCUT2D eigenvalue weighted by Gasteiger charge is -2.35. The molecule has 3 rings (SSSR count). The van der Waals surface area contributed by atoms with E-state index < -0.39 is 20.8 Å². The van der Waals surface area contributed by atoms with Crippen molar-refractivity contribution in [2.75, 3.05) is 31.1 Å². The number of nitrogens with zero attached hydrogens (tertiary/aromatic N) is 3. The summed E-state index contributed by atoms with van der Waals surface area (Å²) < 4.78 is 40.2. The van der Waals surface area contributed by atoms with Crippen LogP contribution in [0.3, 0.4) is 0 Å². The number of nitro groups is 1. The van der Waals surface area contributed by atoms with Crippen LogP contribution in [0.25, 0.3) is 0 Å². The molecule has 0 amide bonds. The summed E-state index contributed by atoms with van der Waals surface area (Å²) in [5.74, 6) is -0.764. The summed E-state index contributed by atoms with van der Waals surface area (Å²) in [6.07, 6.45) is 0. The molecule has 9 heteroatoms. The van der Waals surface area contributed by atoms with Crippen LogP contribution in [0.5, 0.6) is 0 Å². The maximum Gasteiger partial charge on any atom is 0.269 e. The topological polar surface area (TPSA) is 83.8 Å². The zero-order chi connectivity index (χ0) is 18.0. The number of hydrogen-bond donors (Lipinski definition) is 0. The molecular formula is C16H16FN3O4S. The number of hydrogen-bond acceptors (Lipinski definition) is 5. The molecule has 0 atom stereocenters. The highest BCUT2D eigenvalue weighted by Gasteiger charge is 2.30. The normalized spacial score (nSPS) is 16.0. The minimum Gasteiger partial charge on any atom is -0.369 e. The lowest BCUT2D eigenvalue weighted by atomic mass is 10.2. The number of piperazine rings is 1. The number of rotatable bonds is 4. The molecule has 132 valence electrons. The lowest BCUT2D eigenvalue weighted by Crippen LogP contribution is -2.48. The van der Waals surface area contributed by atoms with Crippen molar-refractivity contribution in [3.8, 4) is 0 Å². The van der Waals surface area contributed by atoms with Crippen LogP contribution < -0.4 is 4.90 Å². The summed E-state index contributed by atoms with van der Waals surface area (Å²) in [6.45, 7) is 1.28. The molecule has 0 N–H and O–H groups in total. The molecule has 2 aromatic rings. The number of sulfonamides is 1. The first-order valence-electron chi connectivity index (χ1n) is 7.64. The first-order valence-corrected chi connectivity index (χ1v) is 9.08. The van der Waals surface area contributed by atoms with E-state index in [2.05, 4.69) is 0 Å². The molecule has 0 aromatic heterocycles. The van der Waals surface area contributed by atoms with Crippen molar-refractivity contribution in [3.63, 3.8) is 0 Å². The molecule has 0 aliphatic carbocycles. The zero-order valence-electron chi connectivity index (χ0n) is 13.2. The van der Waals surface area contributed by atoms with E-state index in [-0.39, 0.29) is 23.7 Å². The van der Waals surface area contributed by atoms with Gasteiger partial charge in [-0.2, -0.15) is 4.31 Å². The van der Waals surface area contributed by atoms with Gasteiger partial charge in [0.05, 0.1) is 4.92 Å². The van der Waals surface area contributed by atoms with Crippen LogP contribution >= 0.6 is 0 Å². The first-order chi connectivity index (χ1) is 11.9. The van der Waals surface area contributed by atoms with Gasteiger partial charge < -0.3 is 4.90 Å². The summed E-state index contributed by atoms with van der Waals surface area (Å²) >= 11 is 0. The highest BCUT2D eigenvalue weighted by atomic mass is 32.2. The quantitative estimate of drug-likeness (QED) is 0.613. The predicted octanol–water partition coefficient (Wildman–Crippen LogP) is 2.24. The Balaban J connectivity index is 1.71. The van der Waals surface area contributed by atoms with E-state index in [1.165, 1.54) is 34.6 Å². The number of halogens is 1. The molecule has 0 bridgehead atoms. The molecule has 25 heavy (non-hydrogen) atoms. The van der Waals surface area contributed by atoms with Crippen LogP contribution in [0.4, 0.5) is 15.8 Å². The fourth-order valence-electron chi connectivity index (χ4n) is 2.76. The van der Waals surface area contributed by atoms with Gasteiger partial charge in [-0.05, 0) is 24.3 Å². The third-order valence-corrected chi connectivity index (χ3v) is 6.05. The van der Waals surface area contributed by atoms with Gasteiger partial charge in [-0.15, -0.1) is 0 Å². The maximum atomic E-state index is 13.8. The highest BCUT2D eigenvalue weighted by molar-refractivity contribution is 7.89. The number of non-ortho nitro benzene ring substituents is 1. The second-order valence-electron chi connectivity index (χ2n) is 5.60. The minimum atomic E-state index is -3.87. The van der Waals surface area contributed by atoms with Crippen LogP contribution in [-0.4, -0.2) is 43.8 Å². The van der Waals surface area contributed by atoms with Crippen LogP contribution in [-0.2, 0) is 10.0 Å². The fourth-order valence-corrected chi connectivity index (χ4v) is 4.25. The molecule has 1 aliphatic rings. The van der Waals surface area contributed by atoms with Crippen molar-refractivity contribution in [1.29, 1.82) is 0 Å². The van der Waals surface area contributed by atoms with Crippen LogP contribution in [0.15, 0.2) is 53.4 Å². The maximum absolute atomic E-state index is 13.8. The average molecular weight is 365 g/mol. The fraction of sp³-hybridized carbons (Fsp3) is 0.250. The Morgan fingerprint density at radius 1 is 0.960 bits per heavy atom. The van der Waals surface area contributed by atoms with Crippen LogP contribution in [0, 0.1) is 15.9 Å². The molecule has 1 saturated heterocycles. The highest BCUT2D eigenvalue weighted by Crippen LogP contribution is 2.24. The Labute approximate surface area is 144 Å². The first kappa shape index (κ1) is 17.3. The third-order valence-electron chi connectivity index (χ3n) is 4.12. The Bertz CT molecular complexity index is 879. The number of nitro benzene ring substituents is 1. The molecular weight excluding hydrogens is 349 g/mol. The van der Waals surface area contributed by atoms with E-state index >= 15 is 0 Å². The Hall–Kier alpha value is -2.52. The average Bonchev–Trinajstić information content (AvgIpc) is 2.62. The van der Waals surface area contributed by atoms with Crippen molar-refractivity contribution in [1.82, 2.24) is 4.31 Å². The van der Waals surface area contributed by atoms with Crippen LogP contribution in [0.2, 0.25) is 0 Å². The molecule has 0 saturated carbocycles. The zero-order valence-corrected chi connectivity index (χ0v) is 14.0. The van der Waals surface area contributed by atoms with Crippen molar-refractivity contribution in [2.45, 2.75) is 4.90 Å². The van der Waals surface area contributed by atoms with Crippen molar-refractivity contribution in [3.05, 3.63) is 64.5 Å². The van der Waals surface area contributed by atoms with Crippen molar-refractivity contribution < 1.29 is 17.7 Å². The summed E-state index contributed by atoms with van der Waals surface area (Å²) in [7, 11) is -3.87. The van der Waals surface area contributed by atoms with E-state index in [1.807, 2.05) is 4.90 Å². The third kappa shape index (κ3) is 3.47. The van der Waals surface area contributed by atoms with Gasteiger partial charge in [0.2, 0.25) is 10.0 Å². The van der Waals surface area contributed by atoms with Gasteiger partial charge in [0.25, 0.3) is 5.69 Å². The smallest absolute Gasteiger partial charge is 0.269 e. The second-order valence-corrected chi connectivity index (χ2v) is 7.50. The number of benzene rings is 2. The van der Waals surface area contributed by atoms with Gasteiger partial charge >= 0.3 is 0 Å². The van der Waals surface area contributed by atoms with Crippen molar-refractivity contribution in [2.24, 2.45) is 0 Å². The predicted molar refractivity (Wildman–Crippen MR) is 90.5 cm³/mol. The van der Waals surface area contributed by atoms with Gasteiger partial charge in [0, 0.05) is 44.0 Å². The molecule has 1 heterocycles. The van der Waals surface area contributed by atoms with Crippen molar-refractivity contribution >= 4 is 21.4 Å². The largest absolute Gasteiger partial charge is 0.369 e.